The molecule has 6 heterocycles. The summed E-state index contributed by atoms with van der Waals surface area (Å²) in [5, 5.41) is 0. The molecule has 0 saturated heterocycles. The Kier molecular flexibility index (Phi) is 9.03. The molecule has 0 spiro atoms. The molecule has 0 atom stereocenters. The molecule has 8 nitrogen and oxygen atoms in total. The highest BCUT2D eigenvalue weighted by Crippen LogP contribution is 2.39. The normalized spacial score (nSPS) is 13.5. The number of fused-ring (bicyclic) bond motifs is 2. The number of allylic oxidation sites excluding steroid dienone is 1. The van der Waals surface area contributed by atoms with Crippen molar-refractivity contribution in [3.63, 3.8) is 0 Å². The Bertz CT molecular complexity index is 1940. The maximum atomic E-state index is 5.89. The SMILES string of the molecule is COc1ccc2n1B[N+]1=C(N(CCN(Cc3ccccn3)Cc3ccccn3)Cc3ccccn3)C=CC1=C2c1c(C)cc(C)cc1C. The van der Waals surface area contributed by atoms with Crippen LogP contribution in [0.1, 0.15) is 45.0 Å². The van der Waals surface area contributed by atoms with Crippen LogP contribution in [0.4, 0.5) is 0 Å². The van der Waals surface area contributed by atoms with Crippen LogP contribution in [-0.2, 0) is 19.6 Å². The van der Waals surface area contributed by atoms with E-state index in [-0.39, 0.29) is 0 Å². The summed E-state index contributed by atoms with van der Waals surface area (Å²) in [4.78, 5) is 18.9. The van der Waals surface area contributed by atoms with E-state index in [1.807, 2.05) is 36.8 Å². The van der Waals surface area contributed by atoms with Crippen molar-refractivity contribution in [1.82, 2.24) is 29.2 Å². The van der Waals surface area contributed by atoms with Gasteiger partial charge in [0.1, 0.15) is 12.2 Å². The van der Waals surface area contributed by atoms with E-state index < -0.39 is 0 Å². The van der Waals surface area contributed by atoms with Gasteiger partial charge < -0.3 is 9.21 Å². The number of ether oxygens (including phenoxy) is 1. The lowest BCUT2D eigenvalue weighted by molar-refractivity contribution is -0.321. The van der Waals surface area contributed by atoms with Gasteiger partial charge in [0.15, 0.2) is 5.88 Å². The summed E-state index contributed by atoms with van der Waals surface area (Å²) in [7, 11) is 2.41. The van der Waals surface area contributed by atoms with Crippen molar-refractivity contribution in [1.29, 1.82) is 0 Å². The molecule has 0 amide bonds. The third kappa shape index (κ3) is 6.46. The average Bonchev–Trinajstić information content (AvgIpc) is 3.71. The van der Waals surface area contributed by atoms with Crippen LogP contribution in [0.2, 0.25) is 0 Å². The first-order chi connectivity index (χ1) is 23.5. The fourth-order valence-corrected chi connectivity index (χ4v) is 7.07. The van der Waals surface area contributed by atoms with Crippen LogP contribution in [-0.4, -0.2) is 67.3 Å². The van der Waals surface area contributed by atoms with E-state index in [1.165, 1.54) is 39.2 Å². The zero-order valence-electron chi connectivity index (χ0n) is 28.2. The van der Waals surface area contributed by atoms with Crippen molar-refractivity contribution in [3.05, 3.63) is 160 Å². The summed E-state index contributed by atoms with van der Waals surface area (Å²) in [5.41, 5.74) is 11.8. The van der Waals surface area contributed by atoms with Gasteiger partial charge in [0.25, 0.3) is 5.84 Å². The van der Waals surface area contributed by atoms with Crippen LogP contribution >= 0.6 is 0 Å². The Morgan fingerprint density at radius 1 is 0.729 bits per heavy atom. The highest BCUT2D eigenvalue weighted by atomic mass is 16.5. The standard InChI is InChI=1S/C39H41BN7O/c1-28-23-29(2)38(30(3)24-28)39-34-14-16-36(46(34)40-47-35(39)15-17-37(47)48-4)45(27-33-13-7-10-20-43-33)22-21-44(25-31-11-5-8-18-41-31)26-32-12-6-9-19-42-32/h5-20,23-24,40H,21-22,25-27H2,1-4H3/q+1. The summed E-state index contributed by atoms with van der Waals surface area (Å²) >= 11 is 0. The average molecular weight is 635 g/mol. The molecule has 9 heteroatoms. The number of benzene rings is 1. The first-order valence-corrected chi connectivity index (χ1v) is 16.5. The second-order valence-electron chi connectivity index (χ2n) is 12.6. The Balaban J connectivity index is 1.30. The van der Waals surface area contributed by atoms with E-state index in [9.17, 15) is 0 Å². The van der Waals surface area contributed by atoms with Gasteiger partial charge >= 0.3 is 7.55 Å². The lowest BCUT2D eigenvalue weighted by Crippen LogP contribution is -2.43. The Labute approximate surface area is 283 Å². The lowest BCUT2D eigenvalue weighted by Gasteiger charge is -2.27. The van der Waals surface area contributed by atoms with E-state index in [4.69, 9.17) is 9.72 Å². The van der Waals surface area contributed by atoms with E-state index >= 15 is 0 Å². The molecule has 0 unspecified atom stereocenters. The molecule has 0 radical (unpaired) electrons. The molecular formula is C39H41BN7O+. The minimum absolute atomic E-state index is 0.654. The number of amidine groups is 1. The number of rotatable bonds is 11. The van der Waals surface area contributed by atoms with Gasteiger partial charge in [-0.15, -0.1) is 0 Å². The highest BCUT2D eigenvalue weighted by molar-refractivity contribution is 6.29. The summed E-state index contributed by atoms with van der Waals surface area (Å²) < 4.78 is 10.6. The summed E-state index contributed by atoms with van der Waals surface area (Å²) in [6.45, 7) is 10.4. The van der Waals surface area contributed by atoms with Crippen molar-refractivity contribution in [3.8, 4) is 5.88 Å². The van der Waals surface area contributed by atoms with Crippen molar-refractivity contribution in [2.24, 2.45) is 0 Å². The van der Waals surface area contributed by atoms with Gasteiger partial charge in [-0.25, -0.2) is 0 Å². The van der Waals surface area contributed by atoms with Crippen LogP contribution in [0, 0.1) is 20.8 Å². The van der Waals surface area contributed by atoms with Crippen molar-refractivity contribution in [2.45, 2.75) is 40.4 Å². The molecule has 0 fully saturated rings. The third-order valence-electron chi connectivity index (χ3n) is 9.14. The van der Waals surface area contributed by atoms with Gasteiger partial charge in [-0.3, -0.25) is 29.2 Å². The number of aromatic nitrogens is 4. The summed E-state index contributed by atoms with van der Waals surface area (Å²) in [5.74, 6) is 2.00. The van der Waals surface area contributed by atoms with E-state index in [1.54, 1.807) is 7.11 Å². The Morgan fingerprint density at radius 3 is 1.90 bits per heavy atom. The van der Waals surface area contributed by atoms with Crippen molar-refractivity contribution in [2.75, 3.05) is 20.2 Å². The zero-order chi connectivity index (χ0) is 33.0. The number of nitrogens with zero attached hydrogens (tertiary/aromatic N) is 7. The van der Waals surface area contributed by atoms with Gasteiger partial charge in [-0.2, -0.15) is 0 Å². The molecule has 0 bridgehead atoms. The smallest absolute Gasteiger partial charge is 0.483 e. The van der Waals surface area contributed by atoms with Gasteiger partial charge in [-0.05, 0) is 92.1 Å². The van der Waals surface area contributed by atoms with Crippen LogP contribution in [0.25, 0.3) is 5.57 Å². The fourth-order valence-electron chi connectivity index (χ4n) is 7.07. The predicted molar refractivity (Wildman–Crippen MR) is 192 cm³/mol. The molecule has 4 aromatic heterocycles. The van der Waals surface area contributed by atoms with E-state index in [0.717, 1.165) is 55.0 Å². The van der Waals surface area contributed by atoms with Gasteiger partial charge in [0.05, 0.1) is 36.3 Å². The highest BCUT2D eigenvalue weighted by Gasteiger charge is 2.37. The molecule has 0 saturated carbocycles. The van der Waals surface area contributed by atoms with Crippen molar-refractivity contribution < 1.29 is 9.22 Å². The maximum Gasteiger partial charge on any atom is 0.491 e. The fraction of sp³-hybridized carbons (Fsp3) is 0.231. The van der Waals surface area contributed by atoms with Crippen LogP contribution < -0.4 is 4.74 Å². The molecule has 240 valence electrons. The molecule has 7 rings (SSSR count). The molecule has 2 aliphatic rings. The first-order valence-electron chi connectivity index (χ1n) is 16.5. The molecule has 5 aromatic rings. The summed E-state index contributed by atoms with van der Waals surface area (Å²) in [6.07, 6.45) is 10.2. The van der Waals surface area contributed by atoms with E-state index in [0.29, 0.717) is 14.1 Å². The number of hydrogen-bond acceptors (Lipinski definition) is 6. The number of methoxy groups -OCH3 is 1. The van der Waals surface area contributed by atoms with Crippen LogP contribution in [0.3, 0.4) is 0 Å². The zero-order valence-corrected chi connectivity index (χ0v) is 28.2. The molecule has 0 N–H and O–H groups in total. The summed E-state index contributed by atoms with van der Waals surface area (Å²) in [6, 6.07) is 27.2. The van der Waals surface area contributed by atoms with Crippen LogP contribution in [0.15, 0.2) is 115 Å². The topological polar surface area (TPSA) is 62.3 Å². The molecular weight excluding hydrogens is 593 g/mol. The maximum absolute atomic E-state index is 5.89. The molecule has 1 aromatic carbocycles. The monoisotopic (exact) mass is 634 g/mol. The van der Waals surface area contributed by atoms with Gasteiger partial charge in [-0.1, -0.05) is 35.9 Å². The third-order valence-corrected chi connectivity index (χ3v) is 9.14. The minimum Gasteiger partial charge on any atom is -0.483 e. The number of aryl methyl sites for hydroxylation is 3. The first kappa shape index (κ1) is 31.3. The minimum atomic E-state index is 0.654. The van der Waals surface area contributed by atoms with Gasteiger partial charge in [0.2, 0.25) is 0 Å². The quantitative estimate of drug-likeness (QED) is 0.174. The molecule has 48 heavy (non-hydrogen) atoms. The second kappa shape index (κ2) is 13.8. The van der Waals surface area contributed by atoms with Crippen molar-refractivity contribution >= 4 is 19.0 Å². The Morgan fingerprint density at radius 2 is 1.33 bits per heavy atom. The number of pyridine rings is 3. The lowest BCUT2D eigenvalue weighted by atomic mass is 9.87. The Hall–Kier alpha value is -5.28. The second-order valence-corrected chi connectivity index (χ2v) is 12.6. The van der Waals surface area contributed by atoms with E-state index in [2.05, 4.69) is 122 Å². The molecule has 2 aliphatic heterocycles. The predicted octanol–water partition coefficient (Wildman–Crippen LogP) is 5.68. The molecule has 0 aliphatic carbocycles. The largest absolute Gasteiger partial charge is 0.491 e. The van der Waals surface area contributed by atoms with Gasteiger partial charge in [0, 0.05) is 50.0 Å². The number of hydrogen-bond donors (Lipinski definition) is 0. The van der Waals surface area contributed by atoms with Crippen LogP contribution in [0.5, 0.6) is 5.88 Å².